The SMILES string of the molecule is C=C\C(C)=C/C=C(C=C)/C(/C=C\C)=C/C=C\C. The highest BCUT2D eigenvalue weighted by atomic mass is 14.0. The van der Waals surface area contributed by atoms with Gasteiger partial charge in [-0.15, -0.1) is 0 Å². The van der Waals surface area contributed by atoms with Gasteiger partial charge in [-0.3, -0.25) is 0 Å². The van der Waals surface area contributed by atoms with E-state index in [1.54, 1.807) is 0 Å². The molecule has 0 fully saturated rings. The zero-order chi connectivity index (χ0) is 13.1. The third-order valence-electron chi connectivity index (χ3n) is 2.22. The number of allylic oxidation sites excluding steroid dienone is 12. The predicted octanol–water partition coefficient (Wildman–Crippen LogP) is 5.31. The first-order chi connectivity index (χ1) is 8.19. The fourth-order valence-electron chi connectivity index (χ4n) is 1.20. The highest BCUT2D eigenvalue weighted by Gasteiger charge is 1.95. The van der Waals surface area contributed by atoms with Crippen LogP contribution in [0.1, 0.15) is 20.8 Å². The summed E-state index contributed by atoms with van der Waals surface area (Å²) < 4.78 is 0. The van der Waals surface area contributed by atoms with Gasteiger partial charge in [-0.1, -0.05) is 73.4 Å². The molecule has 0 spiro atoms. The van der Waals surface area contributed by atoms with Crippen LogP contribution in [0.15, 0.2) is 84.6 Å². The summed E-state index contributed by atoms with van der Waals surface area (Å²) in [6.45, 7) is 13.6. The molecule has 0 aromatic carbocycles. The van der Waals surface area contributed by atoms with Crippen LogP contribution in [0.25, 0.3) is 0 Å². The minimum atomic E-state index is 1.10. The van der Waals surface area contributed by atoms with Gasteiger partial charge in [-0.25, -0.2) is 0 Å². The van der Waals surface area contributed by atoms with E-state index in [4.69, 9.17) is 0 Å². The van der Waals surface area contributed by atoms with Gasteiger partial charge in [0.15, 0.2) is 0 Å². The molecule has 17 heavy (non-hydrogen) atoms. The Hall–Kier alpha value is -1.82. The average Bonchev–Trinajstić information content (AvgIpc) is 2.35. The maximum absolute atomic E-state index is 3.85. The minimum absolute atomic E-state index is 1.10. The van der Waals surface area contributed by atoms with E-state index in [0.717, 1.165) is 16.7 Å². The monoisotopic (exact) mass is 226 g/mol. The normalized spacial score (nSPS) is 14.6. The average molecular weight is 226 g/mol. The van der Waals surface area contributed by atoms with Gasteiger partial charge in [0.2, 0.25) is 0 Å². The van der Waals surface area contributed by atoms with E-state index in [-0.39, 0.29) is 0 Å². The quantitative estimate of drug-likeness (QED) is 0.538. The van der Waals surface area contributed by atoms with Crippen molar-refractivity contribution in [2.45, 2.75) is 20.8 Å². The summed E-state index contributed by atoms with van der Waals surface area (Å²) in [5.41, 5.74) is 3.38. The molecule has 0 rings (SSSR count). The lowest BCUT2D eigenvalue weighted by atomic mass is 10.0. The Morgan fingerprint density at radius 3 is 2.00 bits per heavy atom. The Bertz CT molecular complexity index is 396. The zero-order valence-corrected chi connectivity index (χ0v) is 11.1. The van der Waals surface area contributed by atoms with Gasteiger partial charge in [-0.05, 0) is 31.9 Å². The summed E-state index contributed by atoms with van der Waals surface area (Å²) in [6, 6.07) is 0. The number of rotatable bonds is 6. The molecule has 0 nitrogen and oxygen atoms in total. The molecule has 0 aromatic heterocycles. The topological polar surface area (TPSA) is 0 Å². The van der Waals surface area contributed by atoms with Gasteiger partial charge < -0.3 is 0 Å². The second kappa shape index (κ2) is 9.41. The van der Waals surface area contributed by atoms with Gasteiger partial charge in [-0.2, -0.15) is 0 Å². The predicted molar refractivity (Wildman–Crippen MR) is 79.9 cm³/mol. The Labute approximate surface area is 106 Å². The van der Waals surface area contributed by atoms with E-state index in [9.17, 15) is 0 Å². The second-order valence-corrected chi connectivity index (χ2v) is 3.59. The van der Waals surface area contributed by atoms with Gasteiger partial charge in [0.25, 0.3) is 0 Å². The molecule has 0 heteroatoms. The molecule has 0 radical (unpaired) electrons. The Morgan fingerprint density at radius 1 is 0.824 bits per heavy atom. The van der Waals surface area contributed by atoms with Gasteiger partial charge in [0.05, 0.1) is 0 Å². The van der Waals surface area contributed by atoms with E-state index in [1.807, 2.05) is 57.2 Å². The van der Waals surface area contributed by atoms with E-state index >= 15 is 0 Å². The van der Waals surface area contributed by atoms with Gasteiger partial charge in [0, 0.05) is 0 Å². The van der Waals surface area contributed by atoms with Crippen molar-refractivity contribution in [2.75, 3.05) is 0 Å². The molecule has 0 aliphatic carbocycles. The summed E-state index contributed by atoms with van der Waals surface area (Å²) in [5, 5.41) is 0. The van der Waals surface area contributed by atoms with Crippen molar-refractivity contribution >= 4 is 0 Å². The van der Waals surface area contributed by atoms with Crippen LogP contribution in [0.4, 0.5) is 0 Å². The summed E-state index contributed by atoms with van der Waals surface area (Å²) in [7, 11) is 0. The Balaban J connectivity index is 5.31. The van der Waals surface area contributed by atoms with Crippen molar-refractivity contribution in [3.05, 3.63) is 84.6 Å². The first-order valence-corrected chi connectivity index (χ1v) is 5.79. The van der Waals surface area contributed by atoms with Gasteiger partial charge >= 0.3 is 0 Å². The van der Waals surface area contributed by atoms with Crippen molar-refractivity contribution in [3.63, 3.8) is 0 Å². The third-order valence-corrected chi connectivity index (χ3v) is 2.22. The highest BCUT2D eigenvalue weighted by Crippen LogP contribution is 2.14. The summed E-state index contributed by atoms with van der Waals surface area (Å²) in [5.74, 6) is 0. The molecule has 0 bridgehead atoms. The van der Waals surface area contributed by atoms with E-state index in [1.165, 1.54) is 0 Å². The van der Waals surface area contributed by atoms with Crippen molar-refractivity contribution in [3.8, 4) is 0 Å². The lowest BCUT2D eigenvalue weighted by molar-refractivity contribution is 1.49. The standard InChI is InChI=1S/C17H22/c1-6-10-12-17(11-7-2)16(9-4)14-13-15(5)8-3/h6-14H,3-4H2,1-2,5H3/b10-6-,11-7-,15-13-,16-14+,17-12+. The van der Waals surface area contributed by atoms with Crippen LogP contribution in [0.2, 0.25) is 0 Å². The van der Waals surface area contributed by atoms with Crippen LogP contribution in [-0.4, -0.2) is 0 Å². The molecule has 0 aliphatic rings. The van der Waals surface area contributed by atoms with Gasteiger partial charge in [0.1, 0.15) is 0 Å². The number of hydrogen-bond donors (Lipinski definition) is 0. The largest absolute Gasteiger partial charge is 0.0988 e. The molecule has 0 unspecified atom stereocenters. The molecule has 0 aliphatic heterocycles. The molecule has 0 aromatic rings. The first kappa shape index (κ1) is 15.2. The van der Waals surface area contributed by atoms with Crippen LogP contribution in [-0.2, 0) is 0 Å². The Morgan fingerprint density at radius 2 is 1.53 bits per heavy atom. The maximum Gasteiger partial charge on any atom is -0.0188 e. The van der Waals surface area contributed by atoms with Crippen LogP contribution < -0.4 is 0 Å². The molecule has 0 saturated carbocycles. The maximum atomic E-state index is 3.85. The molecular formula is C17H22. The molecule has 0 amide bonds. The summed E-state index contributed by atoms with van der Waals surface area (Å²) in [4.78, 5) is 0. The van der Waals surface area contributed by atoms with Crippen LogP contribution >= 0.6 is 0 Å². The van der Waals surface area contributed by atoms with E-state index in [0.29, 0.717) is 0 Å². The summed E-state index contributed by atoms with van der Waals surface area (Å²) >= 11 is 0. The van der Waals surface area contributed by atoms with Crippen LogP contribution in [0.5, 0.6) is 0 Å². The fourth-order valence-corrected chi connectivity index (χ4v) is 1.20. The first-order valence-electron chi connectivity index (χ1n) is 5.79. The Kier molecular flexibility index (Phi) is 8.40. The van der Waals surface area contributed by atoms with Crippen LogP contribution in [0.3, 0.4) is 0 Å². The van der Waals surface area contributed by atoms with Crippen LogP contribution in [0, 0.1) is 0 Å². The van der Waals surface area contributed by atoms with Crippen molar-refractivity contribution in [2.24, 2.45) is 0 Å². The van der Waals surface area contributed by atoms with E-state index in [2.05, 4.69) is 31.4 Å². The lowest BCUT2D eigenvalue weighted by Gasteiger charge is -2.01. The van der Waals surface area contributed by atoms with Crippen molar-refractivity contribution < 1.29 is 0 Å². The molecular weight excluding hydrogens is 204 g/mol. The van der Waals surface area contributed by atoms with E-state index < -0.39 is 0 Å². The molecule has 0 N–H and O–H groups in total. The number of hydrogen-bond acceptors (Lipinski definition) is 0. The smallest absolute Gasteiger partial charge is 0.0188 e. The zero-order valence-electron chi connectivity index (χ0n) is 11.1. The second-order valence-electron chi connectivity index (χ2n) is 3.59. The molecule has 0 saturated heterocycles. The molecule has 90 valence electrons. The van der Waals surface area contributed by atoms with Crippen molar-refractivity contribution in [1.29, 1.82) is 0 Å². The molecule has 0 atom stereocenters. The third kappa shape index (κ3) is 6.36. The molecule has 0 heterocycles. The minimum Gasteiger partial charge on any atom is -0.0988 e. The summed E-state index contributed by atoms with van der Waals surface area (Å²) in [6.07, 6.45) is 18.0. The highest BCUT2D eigenvalue weighted by molar-refractivity contribution is 5.49. The van der Waals surface area contributed by atoms with Crippen molar-refractivity contribution in [1.82, 2.24) is 0 Å². The fraction of sp³-hybridized carbons (Fsp3) is 0.176. The lowest BCUT2D eigenvalue weighted by Crippen LogP contribution is -1.82.